The van der Waals surface area contributed by atoms with Crippen LogP contribution < -0.4 is 5.56 Å². The van der Waals surface area contributed by atoms with E-state index in [1.807, 2.05) is 6.07 Å². The van der Waals surface area contributed by atoms with Gasteiger partial charge >= 0.3 is 0 Å². The molecule has 0 spiro atoms. The van der Waals surface area contributed by atoms with E-state index in [1.165, 1.54) is 0 Å². The van der Waals surface area contributed by atoms with E-state index in [0.29, 0.717) is 5.92 Å². The molecular weight excluding hydrogens is 242 g/mol. The molecule has 1 saturated heterocycles. The Morgan fingerprint density at radius 3 is 2.95 bits per heavy atom. The number of hydrogen-bond donors (Lipinski definition) is 1. The average Bonchev–Trinajstić information content (AvgIpc) is 2.85. The van der Waals surface area contributed by atoms with Crippen LogP contribution in [0.15, 0.2) is 16.9 Å². The van der Waals surface area contributed by atoms with Crippen LogP contribution in [0.4, 0.5) is 0 Å². The molecule has 0 unspecified atom stereocenters. The molecule has 0 bridgehead atoms. The topological polar surface area (TPSA) is 59.4 Å². The highest BCUT2D eigenvalue weighted by Gasteiger charge is 2.19. The summed E-state index contributed by atoms with van der Waals surface area (Å²) in [4.78, 5) is 16.6. The number of aromatic amines is 1. The first-order valence-electron chi connectivity index (χ1n) is 6.97. The number of ether oxygens (including phenoxy) is 1. The first-order chi connectivity index (χ1) is 9.28. The quantitative estimate of drug-likeness (QED) is 0.917. The second kappa shape index (κ2) is 5.17. The molecule has 102 valence electrons. The fraction of sp³-hybridized carbons (Fsp3) is 0.571. The second-order valence-electron chi connectivity index (χ2n) is 5.14. The number of nitrogens with zero attached hydrogens (tertiary/aromatic N) is 2. The van der Waals surface area contributed by atoms with E-state index < -0.39 is 0 Å². The van der Waals surface area contributed by atoms with Gasteiger partial charge in [0.1, 0.15) is 5.82 Å². The van der Waals surface area contributed by atoms with E-state index in [-0.39, 0.29) is 5.56 Å². The zero-order chi connectivity index (χ0) is 13.2. The van der Waals surface area contributed by atoms with Gasteiger partial charge in [-0.2, -0.15) is 0 Å². The van der Waals surface area contributed by atoms with Gasteiger partial charge in [-0.15, -0.1) is 0 Å². The van der Waals surface area contributed by atoms with Crippen LogP contribution in [0.25, 0.3) is 5.65 Å². The van der Waals surface area contributed by atoms with Crippen molar-refractivity contribution in [3.05, 3.63) is 33.9 Å². The molecule has 0 radical (unpaired) electrons. The Labute approximate surface area is 111 Å². The highest BCUT2D eigenvalue weighted by molar-refractivity contribution is 5.41. The fourth-order valence-corrected chi connectivity index (χ4v) is 2.65. The van der Waals surface area contributed by atoms with Gasteiger partial charge in [-0.05, 0) is 30.9 Å². The molecule has 2 aromatic heterocycles. The molecule has 0 amide bonds. The Kier molecular flexibility index (Phi) is 3.38. The number of H-pyrrole nitrogens is 1. The number of nitrogens with one attached hydrogen (secondary N) is 1. The molecule has 1 aliphatic heterocycles. The van der Waals surface area contributed by atoms with Crippen molar-refractivity contribution in [3.8, 4) is 0 Å². The predicted molar refractivity (Wildman–Crippen MR) is 72.6 cm³/mol. The molecule has 0 atom stereocenters. The van der Waals surface area contributed by atoms with E-state index in [9.17, 15) is 4.79 Å². The molecule has 0 aromatic carbocycles. The Morgan fingerprint density at radius 1 is 1.42 bits per heavy atom. The van der Waals surface area contributed by atoms with Crippen molar-refractivity contribution in [2.75, 3.05) is 13.2 Å². The number of rotatable bonds is 3. The van der Waals surface area contributed by atoms with E-state index in [4.69, 9.17) is 4.74 Å². The maximum Gasteiger partial charge on any atom is 0.271 e. The monoisotopic (exact) mass is 261 g/mol. The molecule has 5 nitrogen and oxygen atoms in total. The lowest BCUT2D eigenvalue weighted by Gasteiger charge is -2.19. The molecule has 3 heterocycles. The summed E-state index contributed by atoms with van der Waals surface area (Å²) in [5.74, 6) is 1.29. The van der Waals surface area contributed by atoms with Crippen molar-refractivity contribution in [1.82, 2.24) is 14.6 Å². The van der Waals surface area contributed by atoms with Crippen molar-refractivity contribution in [1.29, 1.82) is 0 Å². The first kappa shape index (κ1) is 12.4. The molecule has 1 aliphatic rings. The van der Waals surface area contributed by atoms with Crippen molar-refractivity contribution >= 4 is 5.65 Å². The molecule has 19 heavy (non-hydrogen) atoms. The summed E-state index contributed by atoms with van der Waals surface area (Å²) in [6.07, 6.45) is 3.89. The zero-order valence-corrected chi connectivity index (χ0v) is 11.2. The van der Waals surface area contributed by atoms with Crippen LogP contribution in [0.1, 0.15) is 43.5 Å². The summed E-state index contributed by atoms with van der Waals surface area (Å²) in [5, 5.41) is 3.14. The number of aryl methyl sites for hydroxylation is 1. The standard InChI is InChI=1S/C14H19N3O2/c1-2-3-10-8-12-15-14(11-4-6-19-7-5-11)16-17(12)13(18)9-10/h8-9,11H,2-7H2,1H3,(H,15,16). The summed E-state index contributed by atoms with van der Waals surface area (Å²) >= 11 is 0. The van der Waals surface area contributed by atoms with Crippen LogP contribution >= 0.6 is 0 Å². The van der Waals surface area contributed by atoms with Crippen LogP contribution in [-0.4, -0.2) is 27.8 Å². The Hall–Kier alpha value is -1.62. The van der Waals surface area contributed by atoms with E-state index >= 15 is 0 Å². The van der Waals surface area contributed by atoms with Gasteiger partial charge in [-0.1, -0.05) is 13.3 Å². The minimum Gasteiger partial charge on any atom is -0.381 e. The Balaban J connectivity index is 1.99. The third-order valence-corrected chi connectivity index (χ3v) is 3.68. The minimum atomic E-state index is -0.0215. The molecule has 0 aliphatic carbocycles. The van der Waals surface area contributed by atoms with Crippen LogP contribution in [-0.2, 0) is 11.2 Å². The summed E-state index contributed by atoms with van der Waals surface area (Å²) in [7, 11) is 0. The van der Waals surface area contributed by atoms with Gasteiger partial charge in [0, 0.05) is 25.2 Å². The van der Waals surface area contributed by atoms with Gasteiger partial charge in [-0.3, -0.25) is 9.89 Å². The maximum absolute atomic E-state index is 12.0. The first-order valence-corrected chi connectivity index (χ1v) is 6.97. The molecule has 1 N–H and O–H groups in total. The van der Waals surface area contributed by atoms with Crippen molar-refractivity contribution < 1.29 is 4.74 Å². The van der Waals surface area contributed by atoms with Crippen molar-refractivity contribution in [3.63, 3.8) is 0 Å². The molecule has 5 heteroatoms. The number of fused-ring (bicyclic) bond motifs is 1. The van der Waals surface area contributed by atoms with E-state index in [1.54, 1.807) is 10.6 Å². The third-order valence-electron chi connectivity index (χ3n) is 3.68. The van der Waals surface area contributed by atoms with Gasteiger partial charge < -0.3 is 4.74 Å². The van der Waals surface area contributed by atoms with Crippen LogP contribution in [0.5, 0.6) is 0 Å². The molecule has 1 fully saturated rings. The van der Waals surface area contributed by atoms with Crippen LogP contribution in [0.2, 0.25) is 0 Å². The van der Waals surface area contributed by atoms with Crippen LogP contribution in [0, 0.1) is 0 Å². The number of pyridine rings is 1. The fourth-order valence-electron chi connectivity index (χ4n) is 2.65. The summed E-state index contributed by atoms with van der Waals surface area (Å²) in [5.41, 5.74) is 1.78. The Bertz CT molecular complexity index is 623. The van der Waals surface area contributed by atoms with Crippen molar-refractivity contribution in [2.24, 2.45) is 0 Å². The maximum atomic E-state index is 12.0. The Morgan fingerprint density at radius 2 is 2.21 bits per heavy atom. The lowest BCUT2D eigenvalue weighted by molar-refractivity contribution is 0.0836. The third kappa shape index (κ3) is 2.42. The number of aromatic nitrogens is 3. The van der Waals surface area contributed by atoms with Gasteiger partial charge in [0.2, 0.25) is 0 Å². The summed E-state index contributed by atoms with van der Waals surface area (Å²) in [6.45, 7) is 3.66. The van der Waals surface area contributed by atoms with Gasteiger partial charge in [0.05, 0.1) is 0 Å². The van der Waals surface area contributed by atoms with Gasteiger partial charge in [0.25, 0.3) is 5.56 Å². The summed E-state index contributed by atoms with van der Waals surface area (Å²) in [6, 6.07) is 3.70. The summed E-state index contributed by atoms with van der Waals surface area (Å²) < 4.78 is 6.91. The van der Waals surface area contributed by atoms with E-state index in [0.717, 1.165) is 55.9 Å². The van der Waals surface area contributed by atoms with Gasteiger partial charge in [0.15, 0.2) is 5.65 Å². The lowest BCUT2D eigenvalue weighted by atomic mass is 10.00. The molecule has 2 aromatic rings. The highest BCUT2D eigenvalue weighted by atomic mass is 16.5. The zero-order valence-electron chi connectivity index (χ0n) is 11.2. The highest BCUT2D eigenvalue weighted by Crippen LogP contribution is 2.24. The SMILES string of the molecule is CCCc1cc(=O)n2[nH]c(C3CCOCC3)nc2c1. The van der Waals surface area contributed by atoms with E-state index in [2.05, 4.69) is 17.0 Å². The van der Waals surface area contributed by atoms with Crippen LogP contribution in [0.3, 0.4) is 0 Å². The molecule has 0 saturated carbocycles. The van der Waals surface area contributed by atoms with Crippen molar-refractivity contribution in [2.45, 2.75) is 38.5 Å². The lowest BCUT2D eigenvalue weighted by Crippen LogP contribution is -2.16. The molecular formula is C14H19N3O2. The second-order valence-corrected chi connectivity index (χ2v) is 5.14. The predicted octanol–water partition coefficient (Wildman–Crippen LogP) is 1.87. The molecule has 3 rings (SSSR count). The minimum absolute atomic E-state index is 0.0215. The smallest absolute Gasteiger partial charge is 0.271 e. The average molecular weight is 261 g/mol. The normalized spacial score (nSPS) is 17.1. The number of hydrogen-bond acceptors (Lipinski definition) is 3. The van der Waals surface area contributed by atoms with Gasteiger partial charge in [-0.25, -0.2) is 9.50 Å². The largest absolute Gasteiger partial charge is 0.381 e.